The van der Waals surface area contributed by atoms with Gasteiger partial charge in [-0.2, -0.15) is 0 Å². The average Bonchev–Trinajstić information content (AvgIpc) is 2.76. The van der Waals surface area contributed by atoms with E-state index >= 15 is 0 Å². The molecule has 0 radical (unpaired) electrons. The third-order valence-electron chi connectivity index (χ3n) is 4.24. The highest BCUT2D eigenvalue weighted by molar-refractivity contribution is 5.77. The average molecular weight is 375 g/mol. The summed E-state index contributed by atoms with van der Waals surface area (Å²) in [4.78, 5) is 12.2. The van der Waals surface area contributed by atoms with Gasteiger partial charge in [-0.25, -0.2) is 0 Å². The van der Waals surface area contributed by atoms with E-state index in [2.05, 4.69) is 5.32 Å². The maximum Gasteiger partial charge on any atom is 0.246 e. The fourth-order valence-corrected chi connectivity index (χ4v) is 2.86. The first-order chi connectivity index (χ1) is 13.8. The molecule has 0 aliphatic heterocycles. The van der Waals surface area contributed by atoms with Gasteiger partial charge in [-0.3, -0.25) is 4.79 Å². The summed E-state index contributed by atoms with van der Waals surface area (Å²) in [6, 6.07) is 29.5. The van der Waals surface area contributed by atoms with Crippen LogP contribution in [0, 0.1) is 0 Å². The van der Waals surface area contributed by atoms with Crippen LogP contribution in [0.1, 0.15) is 23.7 Å². The summed E-state index contributed by atoms with van der Waals surface area (Å²) in [7, 11) is 0. The molecule has 1 N–H and O–H groups in total. The molecular formula is C24H25NO3. The summed E-state index contributed by atoms with van der Waals surface area (Å²) in [6.07, 6.45) is 0.469. The quantitative estimate of drug-likeness (QED) is 0.535. The van der Waals surface area contributed by atoms with Crippen LogP contribution in [-0.2, 0) is 9.53 Å². The molecule has 3 aromatic carbocycles. The molecule has 0 saturated heterocycles. The zero-order valence-electron chi connectivity index (χ0n) is 15.8. The number of nitrogens with one attached hydrogen (secondary N) is 1. The number of ether oxygens (including phenoxy) is 2. The Balaban J connectivity index is 1.43. The molecule has 0 unspecified atom stereocenters. The second-order valence-electron chi connectivity index (χ2n) is 6.38. The van der Waals surface area contributed by atoms with Crippen LogP contribution < -0.4 is 10.1 Å². The smallest absolute Gasteiger partial charge is 0.246 e. The highest BCUT2D eigenvalue weighted by Gasteiger charge is 2.15. The second-order valence-corrected chi connectivity index (χ2v) is 6.38. The molecule has 3 rings (SSSR count). The van der Waals surface area contributed by atoms with Crippen LogP contribution in [0.5, 0.6) is 5.75 Å². The molecular weight excluding hydrogens is 350 g/mol. The van der Waals surface area contributed by atoms with Crippen molar-refractivity contribution in [2.45, 2.75) is 12.5 Å². The molecule has 0 spiro atoms. The van der Waals surface area contributed by atoms with Crippen molar-refractivity contribution in [2.75, 3.05) is 19.8 Å². The minimum Gasteiger partial charge on any atom is -0.494 e. The lowest BCUT2D eigenvalue weighted by atomic mass is 10.0. The van der Waals surface area contributed by atoms with E-state index < -0.39 is 0 Å². The fraction of sp³-hybridized carbons (Fsp3) is 0.208. The molecule has 0 bridgehead atoms. The van der Waals surface area contributed by atoms with Gasteiger partial charge in [0.25, 0.3) is 0 Å². The number of benzene rings is 3. The lowest BCUT2D eigenvalue weighted by molar-refractivity contribution is -0.127. The molecule has 4 nitrogen and oxygen atoms in total. The number of hydrogen-bond donors (Lipinski definition) is 1. The molecule has 0 heterocycles. The third kappa shape index (κ3) is 6.25. The predicted molar refractivity (Wildman–Crippen MR) is 110 cm³/mol. The number of amides is 1. The maximum atomic E-state index is 12.2. The molecule has 0 aliphatic carbocycles. The van der Waals surface area contributed by atoms with Gasteiger partial charge in [0.05, 0.1) is 6.61 Å². The Bertz CT molecular complexity index is 783. The van der Waals surface area contributed by atoms with Crippen LogP contribution in [0.25, 0.3) is 0 Å². The number of carbonyl (C=O) groups excluding carboxylic acids is 1. The predicted octanol–water partition coefficient (Wildman–Crippen LogP) is 4.38. The Morgan fingerprint density at radius 2 is 1.32 bits per heavy atom. The van der Waals surface area contributed by atoms with E-state index in [1.165, 1.54) is 0 Å². The van der Waals surface area contributed by atoms with Crippen LogP contribution in [0.2, 0.25) is 0 Å². The number of carbonyl (C=O) groups is 1. The van der Waals surface area contributed by atoms with Gasteiger partial charge in [0, 0.05) is 6.54 Å². The third-order valence-corrected chi connectivity index (χ3v) is 4.24. The molecule has 28 heavy (non-hydrogen) atoms. The Kier molecular flexibility index (Phi) is 7.65. The van der Waals surface area contributed by atoms with Gasteiger partial charge in [-0.05, 0) is 29.7 Å². The largest absolute Gasteiger partial charge is 0.494 e. The number of rotatable bonds is 10. The summed E-state index contributed by atoms with van der Waals surface area (Å²) >= 11 is 0. The van der Waals surface area contributed by atoms with E-state index in [4.69, 9.17) is 9.47 Å². The van der Waals surface area contributed by atoms with E-state index in [0.717, 1.165) is 23.3 Å². The van der Waals surface area contributed by atoms with Crippen LogP contribution in [0.4, 0.5) is 0 Å². The summed E-state index contributed by atoms with van der Waals surface area (Å²) < 4.78 is 11.6. The second kappa shape index (κ2) is 10.9. The number of para-hydroxylation sites is 1. The molecule has 0 atom stereocenters. The molecule has 1 amide bonds. The van der Waals surface area contributed by atoms with Gasteiger partial charge in [0.15, 0.2) is 0 Å². The fourth-order valence-electron chi connectivity index (χ4n) is 2.86. The molecule has 4 heteroatoms. The van der Waals surface area contributed by atoms with Crippen molar-refractivity contribution in [1.29, 1.82) is 0 Å². The zero-order valence-corrected chi connectivity index (χ0v) is 15.8. The lowest BCUT2D eigenvalue weighted by Crippen LogP contribution is -2.30. The van der Waals surface area contributed by atoms with E-state index in [1.807, 2.05) is 91.0 Å². The lowest BCUT2D eigenvalue weighted by Gasteiger charge is -2.19. The minimum atomic E-state index is -0.269. The van der Waals surface area contributed by atoms with Crippen LogP contribution >= 0.6 is 0 Å². The van der Waals surface area contributed by atoms with Crippen molar-refractivity contribution in [2.24, 2.45) is 0 Å². The molecule has 144 valence electrons. The SMILES string of the molecule is O=C(COC(c1ccccc1)c1ccccc1)NCCCOc1ccccc1. The van der Waals surface area contributed by atoms with E-state index in [-0.39, 0.29) is 18.6 Å². The Morgan fingerprint density at radius 1 is 0.786 bits per heavy atom. The van der Waals surface area contributed by atoms with Crippen LogP contribution in [0.3, 0.4) is 0 Å². The molecule has 0 aromatic heterocycles. The van der Waals surface area contributed by atoms with E-state index in [1.54, 1.807) is 0 Å². The summed E-state index contributed by atoms with van der Waals surface area (Å²) in [6.45, 7) is 1.12. The summed E-state index contributed by atoms with van der Waals surface area (Å²) in [5.41, 5.74) is 2.05. The van der Waals surface area contributed by atoms with Crippen molar-refractivity contribution in [1.82, 2.24) is 5.32 Å². The van der Waals surface area contributed by atoms with Crippen LogP contribution in [-0.4, -0.2) is 25.7 Å². The van der Waals surface area contributed by atoms with Gasteiger partial charge >= 0.3 is 0 Å². The van der Waals surface area contributed by atoms with Crippen molar-refractivity contribution >= 4 is 5.91 Å². The maximum absolute atomic E-state index is 12.2. The molecule has 0 aliphatic rings. The van der Waals surface area contributed by atoms with Crippen LogP contribution in [0.15, 0.2) is 91.0 Å². The summed E-state index contributed by atoms with van der Waals surface area (Å²) in [5, 5.41) is 2.88. The standard InChI is InChI=1S/C24H25NO3/c26-23(25-17-10-18-27-22-15-8-3-9-16-22)19-28-24(20-11-4-1-5-12-20)21-13-6-2-7-14-21/h1-9,11-16,24H,10,17-19H2,(H,25,26). The molecule has 0 saturated carbocycles. The number of hydrogen-bond acceptors (Lipinski definition) is 3. The normalized spacial score (nSPS) is 10.6. The first kappa shape index (κ1) is 19.6. The van der Waals surface area contributed by atoms with Crippen molar-refractivity contribution in [3.05, 3.63) is 102 Å². The first-order valence-electron chi connectivity index (χ1n) is 9.49. The Morgan fingerprint density at radius 3 is 1.89 bits per heavy atom. The van der Waals surface area contributed by atoms with Gasteiger partial charge in [-0.15, -0.1) is 0 Å². The van der Waals surface area contributed by atoms with Gasteiger partial charge in [-0.1, -0.05) is 78.9 Å². The zero-order chi connectivity index (χ0) is 19.4. The minimum absolute atomic E-state index is 0.00793. The van der Waals surface area contributed by atoms with E-state index in [9.17, 15) is 4.79 Å². The first-order valence-corrected chi connectivity index (χ1v) is 9.49. The summed E-state index contributed by atoms with van der Waals surface area (Å²) in [5.74, 6) is 0.710. The monoisotopic (exact) mass is 375 g/mol. The Labute approximate surface area is 166 Å². The molecule has 3 aromatic rings. The molecule has 0 fully saturated rings. The van der Waals surface area contributed by atoms with Crippen molar-refractivity contribution in [3.8, 4) is 5.75 Å². The van der Waals surface area contributed by atoms with Gasteiger partial charge < -0.3 is 14.8 Å². The van der Waals surface area contributed by atoms with Gasteiger partial charge in [0.1, 0.15) is 18.5 Å². The van der Waals surface area contributed by atoms with E-state index in [0.29, 0.717) is 13.2 Å². The Hall–Kier alpha value is -3.11. The highest BCUT2D eigenvalue weighted by atomic mass is 16.5. The van der Waals surface area contributed by atoms with Gasteiger partial charge in [0.2, 0.25) is 5.91 Å². The topological polar surface area (TPSA) is 47.6 Å². The highest BCUT2D eigenvalue weighted by Crippen LogP contribution is 2.25. The van der Waals surface area contributed by atoms with Crippen molar-refractivity contribution < 1.29 is 14.3 Å². The van der Waals surface area contributed by atoms with Crippen molar-refractivity contribution in [3.63, 3.8) is 0 Å².